The summed E-state index contributed by atoms with van der Waals surface area (Å²) in [6.45, 7) is 3.95. The summed E-state index contributed by atoms with van der Waals surface area (Å²) in [5.41, 5.74) is 2.68. The summed E-state index contributed by atoms with van der Waals surface area (Å²) in [5.74, 6) is 0.550. The number of rotatable bonds is 7. The molecule has 1 aliphatic heterocycles. The molecular weight excluding hydrogens is 372 g/mol. The molecule has 0 radical (unpaired) electrons. The normalized spacial score (nSPS) is 15.1. The maximum atomic E-state index is 13.1. The van der Waals surface area contributed by atoms with Crippen LogP contribution in [0.5, 0.6) is 0 Å². The third kappa shape index (κ3) is 5.30. The molecule has 1 aromatic heterocycles. The van der Waals surface area contributed by atoms with Gasteiger partial charge in [-0.2, -0.15) is 0 Å². The van der Waals surface area contributed by atoms with Crippen LogP contribution in [-0.2, 0) is 6.54 Å². The summed E-state index contributed by atoms with van der Waals surface area (Å²) in [7, 11) is 0. The molecule has 5 heteroatoms. The van der Waals surface area contributed by atoms with E-state index in [1.807, 2.05) is 35.2 Å². The van der Waals surface area contributed by atoms with Crippen molar-refractivity contribution in [3.8, 4) is 0 Å². The van der Waals surface area contributed by atoms with E-state index < -0.39 is 0 Å². The van der Waals surface area contributed by atoms with Crippen molar-refractivity contribution in [2.45, 2.75) is 25.8 Å². The van der Waals surface area contributed by atoms with E-state index in [9.17, 15) is 4.79 Å². The summed E-state index contributed by atoms with van der Waals surface area (Å²) in [4.78, 5) is 25.7. The molecule has 1 amide bonds. The second kappa shape index (κ2) is 10.1. The van der Waals surface area contributed by atoms with E-state index in [0.717, 1.165) is 31.7 Å². The van der Waals surface area contributed by atoms with E-state index in [2.05, 4.69) is 45.2 Å². The number of piperidine rings is 1. The van der Waals surface area contributed by atoms with Gasteiger partial charge in [-0.1, -0.05) is 48.5 Å². The molecule has 154 valence electrons. The molecule has 0 N–H and O–H groups in total. The molecule has 1 aliphatic rings. The maximum Gasteiger partial charge on any atom is 0.278 e. The van der Waals surface area contributed by atoms with Crippen LogP contribution >= 0.6 is 0 Å². The highest BCUT2D eigenvalue weighted by molar-refractivity contribution is 6.04. The van der Waals surface area contributed by atoms with Gasteiger partial charge in [-0.25, -0.2) is 4.98 Å². The average molecular weight is 401 g/mol. The minimum absolute atomic E-state index is 0.0872. The van der Waals surface area contributed by atoms with Gasteiger partial charge in [0, 0.05) is 31.2 Å². The molecule has 30 heavy (non-hydrogen) atoms. The van der Waals surface area contributed by atoms with E-state index in [-0.39, 0.29) is 5.91 Å². The SMILES string of the molecule is O=C(c1cnccn1)N(CCC1CCN(Cc2ccccc2)CC1)c1ccccc1. The predicted molar refractivity (Wildman–Crippen MR) is 119 cm³/mol. The second-order valence-corrected chi connectivity index (χ2v) is 7.88. The van der Waals surface area contributed by atoms with Crippen LogP contribution in [0.4, 0.5) is 5.69 Å². The summed E-state index contributed by atoms with van der Waals surface area (Å²) < 4.78 is 0. The zero-order chi connectivity index (χ0) is 20.6. The Bertz CT molecular complexity index is 910. The standard InChI is InChI=1S/C25H28N4O/c30-25(24-19-26-14-15-27-24)29(23-9-5-2-6-10-23)18-13-21-11-16-28(17-12-21)20-22-7-3-1-4-8-22/h1-10,14-15,19,21H,11-13,16-18,20H2. The van der Waals surface area contributed by atoms with E-state index in [4.69, 9.17) is 0 Å². The van der Waals surface area contributed by atoms with Gasteiger partial charge >= 0.3 is 0 Å². The Balaban J connectivity index is 1.35. The third-order valence-corrected chi connectivity index (χ3v) is 5.81. The van der Waals surface area contributed by atoms with Gasteiger partial charge in [-0.3, -0.25) is 14.7 Å². The van der Waals surface area contributed by atoms with Gasteiger partial charge < -0.3 is 4.90 Å². The van der Waals surface area contributed by atoms with E-state index in [0.29, 0.717) is 18.2 Å². The number of carbonyl (C=O) groups excluding carboxylic acids is 1. The maximum absolute atomic E-state index is 13.1. The molecule has 1 saturated heterocycles. The lowest BCUT2D eigenvalue weighted by molar-refractivity contribution is 0.0977. The van der Waals surface area contributed by atoms with Gasteiger partial charge in [0.15, 0.2) is 0 Å². The number of para-hydroxylation sites is 1. The summed E-state index contributed by atoms with van der Waals surface area (Å²) in [5, 5.41) is 0. The van der Waals surface area contributed by atoms with Crippen molar-refractivity contribution in [2.24, 2.45) is 5.92 Å². The first-order chi connectivity index (χ1) is 14.8. The van der Waals surface area contributed by atoms with Gasteiger partial charge in [0.25, 0.3) is 5.91 Å². The molecule has 3 aromatic rings. The van der Waals surface area contributed by atoms with E-state index in [1.165, 1.54) is 18.4 Å². The van der Waals surface area contributed by atoms with E-state index in [1.54, 1.807) is 18.6 Å². The second-order valence-electron chi connectivity index (χ2n) is 7.88. The molecule has 4 rings (SSSR count). The monoisotopic (exact) mass is 400 g/mol. The van der Waals surface area contributed by atoms with Crippen molar-refractivity contribution in [2.75, 3.05) is 24.5 Å². The molecule has 5 nitrogen and oxygen atoms in total. The summed E-state index contributed by atoms with van der Waals surface area (Å²) >= 11 is 0. The summed E-state index contributed by atoms with van der Waals surface area (Å²) in [6.07, 6.45) is 8.05. The molecular formula is C25H28N4O. The first kappa shape index (κ1) is 20.2. The van der Waals surface area contributed by atoms with Crippen LogP contribution in [0.25, 0.3) is 0 Å². The van der Waals surface area contributed by atoms with Crippen LogP contribution in [0.3, 0.4) is 0 Å². The van der Waals surface area contributed by atoms with Crippen LogP contribution in [0.1, 0.15) is 35.3 Å². The molecule has 2 heterocycles. The largest absolute Gasteiger partial charge is 0.307 e. The fourth-order valence-electron chi connectivity index (χ4n) is 4.09. The first-order valence-electron chi connectivity index (χ1n) is 10.7. The highest BCUT2D eigenvalue weighted by Gasteiger charge is 2.23. The lowest BCUT2D eigenvalue weighted by Gasteiger charge is -2.33. The average Bonchev–Trinajstić information content (AvgIpc) is 2.82. The molecule has 0 aliphatic carbocycles. The Morgan fingerprint density at radius 2 is 1.67 bits per heavy atom. The van der Waals surface area contributed by atoms with Gasteiger partial charge in [0.1, 0.15) is 5.69 Å². The van der Waals surface area contributed by atoms with Crippen molar-refractivity contribution >= 4 is 11.6 Å². The van der Waals surface area contributed by atoms with Gasteiger partial charge in [-0.15, -0.1) is 0 Å². The fourth-order valence-corrected chi connectivity index (χ4v) is 4.09. The highest BCUT2D eigenvalue weighted by Crippen LogP contribution is 2.24. The Morgan fingerprint density at radius 3 is 2.33 bits per heavy atom. The number of anilines is 1. The lowest BCUT2D eigenvalue weighted by Crippen LogP contribution is -2.37. The van der Waals surface area contributed by atoms with E-state index >= 15 is 0 Å². The highest BCUT2D eigenvalue weighted by atomic mass is 16.2. The van der Waals surface area contributed by atoms with Gasteiger partial charge in [-0.05, 0) is 56.0 Å². The predicted octanol–water partition coefficient (Wildman–Crippen LogP) is 4.43. The van der Waals surface area contributed by atoms with Crippen LogP contribution in [-0.4, -0.2) is 40.4 Å². The number of likely N-dealkylation sites (tertiary alicyclic amines) is 1. The topological polar surface area (TPSA) is 49.3 Å². The Hall–Kier alpha value is -3.05. The Morgan fingerprint density at radius 1 is 0.967 bits per heavy atom. The van der Waals surface area contributed by atoms with Crippen molar-refractivity contribution in [1.82, 2.24) is 14.9 Å². The zero-order valence-corrected chi connectivity index (χ0v) is 17.2. The van der Waals surface area contributed by atoms with Crippen LogP contribution in [0.2, 0.25) is 0 Å². The van der Waals surface area contributed by atoms with Gasteiger partial charge in [0.2, 0.25) is 0 Å². The van der Waals surface area contributed by atoms with Crippen molar-refractivity contribution in [1.29, 1.82) is 0 Å². The first-order valence-corrected chi connectivity index (χ1v) is 10.7. The summed E-state index contributed by atoms with van der Waals surface area (Å²) in [6, 6.07) is 20.5. The molecule has 0 atom stereocenters. The molecule has 0 bridgehead atoms. The van der Waals surface area contributed by atoms with Crippen molar-refractivity contribution < 1.29 is 4.79 Å². The number of hydrogen-bond acceptors (Lipinski definition) is 4. The fraction of sp³-hybridized carbons (Fsp3) is 0.320. The molecule has 0 saturated carbocycles. The molecule has 2 aromatic carbocycles. The number of nitrogens with zero attached hydrogens (tertiary/aromatic N) is 4. The number of aromatic nitrogens is 2. The lowest BCUT2D eigenvalue weighted by atomic mass is 9.93. The minimum Gasteiger partial charge on any atom is -0.307 e. The molecule has 1 fully saturated rings. The van der Waals surface area contributed by atoms with Gasteiger partial charge in [0.05, 0.1) is 6.20 Å². The van der Waals surface area contributed by atoms with Crippen LogP contribution in [0, 0.1) is 5.92 Å². The number of hydrogen-bond donors (Lipinski definition) is 0. The minimum atomic E-state index is -0.0872. The number of carbonyl (C=O) groups is 1. The Kier molecular flexibility index (Phi) is 6.83. The van der Waals surface area contributed by atoms with Crippen molar-refractivity contribution in [3.63, 3.8) is 0 Å². The smallest absolute Gasteiger partial charge is 0.278 e. The molecule has 0 spiro atoms. The third-order valence-electron chi connectivity index (χ3n) is 5.81. The zero-order valence-electron chi connectivity index (χ0n) is 17.2. The molecule has 0 unspecified atom stereocenters. The van der Waals surface area contributed by atoms with Crippen LogP contribution in [0.15, 0.2) is 79.3 Å². The van der Waals surface area contributed by atoms with Crippen LogP contribution < -0.4 is 4.90 Å². The number of amides is 1. The van der Waals surface area contributed by atoms with Crippen molar-refractivity contribution in [3.05, 3.63) is 90.5 Å². The number of benzene rings is 2. The Labute approximate surface area is 178 Å². The quantitative estimate of drug-likeness (QED) is 0.589.